The number of aromatic nitrogens is 1. The van der Waals surface area contributed by atoms with E-state index in [-0.39, 0.29) is 5.56 Å². The molecule has 0 spiro atoms. The molecule has 1 aromatic heterocycles. The van der Waals surface area contributed by atoms with Crippen molar-refractivity contribution < 1.29 is 9.18 Å². The van der Waals surface area contributed by atoms with E-state index >= 15 is 0 Å². The van der Waals surface area contributed by atoms with Crippen molar-refractivity contribution in [1.82, 2.24) is 4.98 Å². The fraction of sp³-hybridized carbons (Fsp3) is 0.200. The van der Waals surface area contributed by atoms with Gasteiger partial charge in [0.25, 0.3) is 0 Å². The van der Waals surface area contributed by atoms with E-state index in [9.17, 15) is 9.18 Å². The average molecular weight is 192 g/mol. The Morgan fingerprint density at radius 3 is 2.79 bits per heavy atom. The number of carbonyl (C=O) groups excluding carboxylic acids is 1. The van der Waals surface area contributed by atoms with Gasteiger partial charge >= 0.3 is 0 Å². The lowest BCUT2D eigenvalue weighted by Crippen LogP contribution is -2.40. The molecule has 0 saturated carbocycles. The molecule has 1 aromatic rings. The molecule has 2 heterocycles. The van der Waals surface area contributed by atoms with Gasteiger partial charge in [-0.15, -0.1) is 0 Å². The summed E-state index contributed by atoms with van der Waals surface area (Å²) in [5.41, 5.74) is 1.70. The molecule has 0 unspecified atom stereocenters. The van der Waals surface area contributed by atoms with Crippen LogP contribution in [0.2, 0.25) is 0 Å². The van der Waals surface area contributed by atoms with Crippen molar-refractivity contribution in [3.63, 3.8) is 0 Å². The number of nitrogens with zero attached hydrogens (tertiary/aromatic N) is 2. The van der Waals surface area contributed by atoms with Crippen molar-refractivity contribution in [3.05, 3.63) is 35.9 Å². The second kappa shape index (κ2) is 3.21. The topological polar surface area (TPSA) is 33.2 Å². The van der Waals surface area contributed by atoms with E-state index in [1.54, 1.807) is 0 Å². The van der Waals surface area contributed by atoms with Crippen LogP contribution in [0.3, 0.4) is 0 Å². The Kier molecular flexibility index (Phi) is 2.04. The molecule has 0 aromatic carbocycles. The lowest BCUT2D eigenvalue weighted by molar-refractivity contribution is 0.112. The number of rotatable bonds is 2. The van der Waals surface area contributed by atoms with Crippen LogP contribution in [0.1, 0.15) is 10.4 Å². The number of carbonyl (C=O) groups is 1. The number of hydrogen-bond acceptors (Lipinski definition) is 3. The number of hydrogen-bond donors (Lipinski definition) is 0. The van der Waals surface area contributed by atoms with Crippen LogP contribution >= 0.6 is 0 Å². The summed E-state index contributed by atoms with van der Waals surface area (Å²) in [5, 5.41) is 0. The molecule has 1 aliphatic rings. The summed E-state index contributed by atoms with van der Waals surface area (Å²) in [6, 6.07) is 0. The zero-order valence-electron chi connectivity index (χ0n) is 7.53. The van der Waals surface area contributed by atoms with Gasteiger partial charge in [0.05, 0.1) is 23.6 Å². The SMILES string of the molecule is C=C1CN(c2cncc(F)c2C=O)C1. The number of halogens is 1. The summed E-state index contributed by atoms with van der Waals surface area (Å²) in [7, 11) is 0. The zero-order chi connectivity index (χ0) is 10.1. The summed E-state index contributed by atoms with van der Waals surface area (Å²) in [5.74, 6) is -0.574. The lowest BCUT2D eigenvalue weighted by Gasteiger charge is -2.35. The van der Waals surface area contributed by atoms with Gasteiger partial charge in [0.2, 0.25) is 0 Å². The van der Waals surface area contributed by atoms with E-state index in [4.69, 9.17) is 0 Å². The second-order valence-corrected chi connectivity index (χ2v) is 3.28. The van der Waals surface area contributed by atoms with Crippen LogP contribution in [0, 0.1) is 5.82 Å². The highest BCUT2D eigenvalue weighted by Crippen LogP contribution is 2.26. The van der Waals surface area contributed by atoms with Crippen LogP contribution in [0.5, 0.6) is 0 Å². The maximum absolute atomic E-state index is 13.1. The van der Waals surface area contributed by atoms with Crippen molar-refractivity contribution in [2.75, 3.05) is 18.0 Å². The van der Waals surface area contributed by atoms with Gasteiger partial charge < -0.3 is 4.90 Å². The predicted molar refractivity (Wildman–Crippen MR) is 50.9 cm³/mol. The van der Waals surface area contributed by atoms with Gasteiger partial charge in [-0.05, 0) is 5.57 Å². The molecular weight excluding hydrogens is 183 g/mol. The van der Waals surface area contributed by atoms with Crippen LogP contribution in [0.25, 0.3) is 0 Å². The van der Waals surface area contributed by atoms with Crippen molar-refractivity contribution in [2.45, 2.75) is 0 Å². The predicted octanol–water partition coefficient (Wildman–Crippen LogP) is 1.41. The van der Waals surface area contributed by atoms with Crippen molar-refractivity contribution >= 4 is 12.0 Å². The zero-order valence-corrected chi connectivity index (χ0v) is 7.53. The molecule has 0 N–H and O–H groups in total. The Hall–Kier alpha value is -1.71. The summed E-state index contributed by atoms with van der Waals surface area (Å²) >= 11 is 0. The minimum absolute atomic E-state index is 0.0764. The molecule has 3 nitrogen and oxygen atoms in total. The van der Waals surface area contributed by atoms with E-state index in [0.717, 1.165) is 11.8 Å². The van der Waals surface area contributed by atoms with Crippen LogP contribution < -0.4 is 4.90 Å². The molecule has 0 amide bonds. The maximum atomic E-state index is 13.1. The van der Waals surface area contributed by atoms with E-state index in [1.165, 1.54) is 6.20 Å². The molecule has 2 rings (SSSR count). The molecule has 0 atom stereocenters. The third kappa shape index (κ3) is 1.28. The van der Waals surface area contributed by atoms with Crippen molar-refractivity contribution in [1.29, 1.82) is 0 Å². The first kappa shape index (κ1) is 8.87. The van der Waals surface area contributed by atoms with E-state index in [1.807, 2.05) is 4.90 Å². The van der Waals surface area contributed by atoms with Crippen molar-refractivity contribution in [3.8, 4) is 0 Å². The first-order chi connectivity index (χ1) is 6.72. The van der Waals surface area contributed by atoms with Gasteiger partial charge in [-0.3, -0.25) is 9.78 Å². The summed E-state index contributed by atoms with van der Waals surface area (Å²) < 4.78 is 13.1. The third-order valence-corrected chi connectivity index (χ3v) is 2.21. The summed E-state index contributed by atoms with van der Waals surface area (Å²) in [6.07, 6.45) is 3.06. The molecule has 0 bridgehead atoms. The van der Waals surface area contributed by atoms with Gasteiger partial charge in [-0.2, -0.15) is 0 Å². The fourth-order valence-electron chi connectivity index (χ4n) is 1.47. The Labute approximate surface area is 80.9 Å². The van der Waals surface area contributed by atoms with Gasteiger partial charge in [0.1, 0.15) is 0 Å². The largest absolute Gasteiger partial charge is 0.362 e. The molecule has 1 saturated heterocycles. The maximum Gasteiger partial charge on any atom is 0.155 e. The first-order valence-electron chi connectivity index (χ1n) is 4.22. The summed E-state index contributed by atoms with van der Waals surface area (Å²) in [4.78, 5) is 16.2. The highest BCUT2D eigenvalue weighted by atomic mass is 19.1. The molecule has 0 aliphatic carbocycles. The molecule has 14 heavy (non-hydrogen) atoms. The van der Waals surface area contributed by atoms with Crippen molar-refractivity contribution in [2.24, 2.45) is 0 Å². The molecule has 1 fully saturated rings. The summed E-state index contributed by atoms with van der Waals surface area (Å²) in [6.45, 7) is 5.12. The van der Waals surface area contributed by atoms with Gasteiger partial charge in [0, 0.05) is 13.1 Å². The minimum Gasteiger partial charge on any atom is -0.362 e. The van der Waals surface area contributed by atoms with E-state index < -0.39 is 5.82 Å². The first-order valence-corrected chi connectivity index (χ1v) is 4.22. The number of aldehydes is 1. The number of anilines is 1. The standard InChI is InChI=1S/C10H9FN2O/c1-7-4-13(5-7)10-3-12-2-9(11)8(10)6-14/h2-3,6H,1,4-5H2. The normalized spacial score (nSPS) is 15.2. The molecular formula is C10H9FN2O. The molecule has 72 valence electrons. The van der Waals surface area contributed by atoms with Crippen LogP contribution in [0.4, 0.5) is 10.1 Å². The van der Waals surface area contributed by atoms with Crippen LogP contribution in [0.15, 0.2) is 24.5 Å². The fourth-order valence-corrected chi connectivity index (χ4v) is 1.47. The van der Waals surface area contributed by atoms with E-state index in [0.29, 0.717) is 25.1 Å². The lowest BCUT2D eigenvalue weighted by atomic mass is 10.1. The van der Waals surface area contributed by atoms with Gasteiger partial charge in [0.15, 0.2) is 12.1 Å². The van der Waals surface area contributed by atoms with Crippen LogP contribution in [-0.2, 0) is 0 Å². The van der Waals surface area contributed by atoms with E-state index in [2.05, 4.69) is 11.6 Å². The number of pyridine rings is 1. The Morgan fingerprint density at radius 2 is 2.21 bits per heavy atom. The minimum atomic E-state index is -0.574. The third-order valence-electron chi connectivity index (χ3n) is 2.21. The molecule has 1 aliphatic heterocycles. The highest BCUT2D eigenvalue weighted by molar-refractivity contribution is 5.85. The average Bonchev–Trinajstić information content (AvgIpc) is 2.13. The molecule has 4 heteroatoms. The highest BCUT2D eigenvalue weighted by Gasteiger charge is 2.22. The smallest absolute Gasteiger partial charge is 0.155 e. The Bertz CT molecular complexity index is 395. The quantitative estimate of drug-likeness (QED) is 0.524. The van der Waals surface area contributed by atoms with Crippen LogP contribution in [-0.4, -0.2) is 24.4 Å². The Balaban J connectivity index is 2.37. The monoisotopic (exact) mass is 192 g/mol. The van der Waals surface area contributed by atoms with Gasteiger partial charge in [-0.1, -0.05) is 6.58 Å². The van der Waals surface area contributed by atoms with Gasteiger partial charge in [-0.25, -0.2) is 4.39 Å². The Morgan fingerprint density at radius 1 is 1.50 bits per heavy atom. The molecule has 0 radical (unpaired) electrons. The second-order valence-electron chi connectivity index (χ2n) is 3.28.